The molecule has 0 aliphatic heterocycles. The third-order valence-corrected chi connectivity index (χ3v) is 3.89. The first-order valence-electron chi connectivity index (χ1n) is 6.19. The van der Waals surface area contributed by atoms with E-state index in [4.69, 9.17) is 0 Å². The number of benzene rings is 1. The fourth-order valence-electron chi connectivity index (χ4n) is 1.69. The number of nitrogens with one attached hydrogen (secondary N) is 2. The van der Waals surface area contributed by atoms with Crippen LogP contribution in [0.25, 0.3) is 0 Å². The van der Waals surface area contributed by atoms with Crippen LogP contribution in [-0.4, -0.2) is 17.4 Å². The van der Waals surface area contributed by atoms with E-state index in [1.165, 1.54) is 23.5 Å². The van der Waals surface area contributed by atoms with Crippen molar-refractivity contribution >= 4 is 28.1 Å². The lowest BCUT2D eigenvalue weighted by molar-refractivity contribution is -0.114. The SMILES string of the molecule is Cc1cc(F)ccc1NCC(=O)Nc1nc(C)c(C)s1. The molecule has 0 radical (unpaired) electrons. The van der Waals surface area contributed by atoms with Gasteiger partial charge in [-0.15, -0.1) is 11.3 Å². The largest absolute Gasteiger partial charge is 0.376 e. The Hall–Kier alpha value is -1.95. The Morgan fingerprint density at radius 3 is 2.70 bits per heavy atom. The number of thiazole rings is 1. The molecule has 1 aromatic carbocycles. The molecule has 0 spiro atoms. The molecule has 0 saturated carbocycles. The highest BCUT2D eigenvalue weighted by atomic mass is 32.1. The first-order valence-corrected chi connectivity index (χ1v) is 7.01. The molecule has 1 heterocycles. The fraction of sp³-hybridized carbons (Fsp3) is 0.286. The van der Waals surface area contributed by atoms with Crippen LogP contribution in [0.3, 0.4) is 0 Å². The maximum Gasteiger partial charge on any atom is 0.245 e. The molecule has 1 aromatic heterocycles. The number of aromatic nitrogens is 1. The fourth-order valence-corrected chi connectivity index (χ4v) is 2.52. The van der Waals surface area contributed by atoms with Crippen molar-refractivity contribution in [3.8, 4) is 0 Å². The number of aryl methyl sites for hydroxylation is 3. The van der Waals surface area contributed by atoms with Gasteiger partial charge in [0.15, 0.2) is 5.13 Å². The predicted molar refractivity (Wildman–Crippen MR) is 79.8 cm³/mol. The highest BCUT2D eigenvalue weighted by Crippen LogP contribution is 2.21. The number of carbonyl (C=O) groups excluding carboxylic acids is 1. The zero-order chi connectivity index (χ0) is 14.7. The number of halogens is 1. The van der Waals surface area contributed by atoms with Gasteiger partial charge in [0.1, 0.15) is 5.82 Å². The third-order valence-electron chi connectivity index (χ3n) is 2.90. The molecule has 2 N–H and O–H groups in total. The van der Waals surface area contributed by atoms with Crippen LogP contribution in [0.15, 0.2) is 18.2 Å². The number of rotatable bonds is 4. The highest BCUT2D eigenvalue weighted by Gasteiger charge is 2.08. The molecular formula is C14H16FN3OS. The average molecular weight is 293 g/mol. The van der Waals surface area contributed by atoms with Gasteiger partial charge in [0, 0.05) is 10.6 Å². The second-order valence-electron chi connectivity index (χ2n) is 4.52. The van der Waals surface area contributed by atoms with Crippen molar-refractivity contribution in [2.75, 3.05) is 17.2 Å². The summed E-state index contributed by atoms with van der Waals surface area (Å²) in [4.78, 5) is 17.1. The summed E-state index contributed by atoms with van der Waals surface area (Å²) in [6, 6.07) is 4.41. The first-order chi connectivity index (χ1) is 9.45. The van der Waals surface area contributed by atoms with E-state index in [2.05, 4.69) is 15.6 Å². The minimum absolute atomic E-state index is 0.115. The van der Waals surface area contributed by atoms with Gasteiger partial charge in [-0.25, -0.2) is 9.37 Å². The Kier molecular flexibility index (Phi) is 4.34. The lowest BCUT2D eigenvalue weighted by atomic mass is 10.2. The maximum absolute atomic E-state index is 13.0. The van der Waals surface area contributed by atoms with Crippen molar-refractivity contribution in [1.82, 2.24) is 4.98 Å². The van der Waals surface area contributed by atoms with Crippen molar-refractivity contribution in [3.05, 3.63) is 40.2 Å². The first kappa shape index (κ1) is 14.5. The molecule has 0 fully saturated rings. The van der Waals surface area contributed by atoms with E-state index in [1.807, 2.05) is 13.8 Å². The molecule has 2 aromatic rings. The topological polar surface area (TPSA) is 54.0 Å². The zero-order valence-corrected chi connectivity index (χ0v) is 12.4. The number of nitrogens with zero attached hydrogens (tertiary/aromatic N) is 1. The molecule has 0 atom stereocenters. The number of carbonyl (C=O) groups is 1. The van der Waals surface area contributed by atoms with Crippen LogP contribution in [0.5, 0.6) is 0 Å². The molecule has 0 aliphatic rings. The van der Waals surface area contributed by atoms with Crippen molar-refractivity contribution in [2.24, 2.45) is 0 Å². The van der Waals surface area contributed by atoms with Crippen LogP contribution in [0.1, 0.15) is 16.1 Å². The van der Waals surface area contributed by atoms with Gasteiger partial charge in [-0.1, -0.05) is 0 Å². The van der Waals surface area contributed by atoms with Gasteiger partial charge in [0.05, 0.1) is 12.2 Å². The summed E-state index contributed by atoms with van der Waals surface area (Å²) < 4.78 is 13.0. The quantitative estimate of drug-likeness (QED) is 0.909. The van der Waals surface area contributed by atoms with E-state index < -0.39 is 0 Å². The lowest BCUT2D eigenvalue weighted by Gasteiger charge is -2.08. The van der Waals surface area contributed by atoms with Crippen molar-refractivity contribution < 1.29 is 9.18 Å². The molecule has 1 amide bonds. The van der Waals surface area contributed by atoms with Crippen LogP contribution in [0.4, 0.5) is 15.2 Å². The van der Waals surface area contributed by atoms with E-state index in [-0.39, 0.29) is 18.3 Å². The normalized spacial score (nSPS) is 10.4. The molecule has 106 valence electrons. The van der Waals surface area contributed by atoms with E-state index in [0.717, 1.165) is 21.8 Å². The molecule has 6 heteroatoms. The summed E-state index contributed by atoms with van der Waals surface area (Å²) in [7, 11) is 0. The second kappa shape index (κ2) is 6.00. The van der Waals surface area contributed by atoms with Gasteiger partial charge < -0.3 is 10.6 Å². The van der Waals surface area contributed by atoms with E-state index in [1.54, 1.807) is 13.0 Å². The number of hydrogen-bond donors (Lipinski definition) is 2. The number of hydrogen-bond acceptors (Lipinski definition) is 4. The van der Waals surface area contributed by atoms with Gasteiger partial charge in [-0.2, -0.15) is 0 Å². The Morgan fingerprint density at radius 2 is 2.10 bits per heavy atom. The minimum atomic E-state index is -0.286. The molecule has 4 nitrogen and oxygen atoms in total. The van der Waals surface area contributed by atoms with Gasteiger partial charge in [-0.3, -0.25) is 4.79 Å². The van der Waals surface area contributed by atoms with Gasteiger partial charge in [0.2, 0.25) is 5.91 Å². The highest BCUT2D eigenvalue weighted by molar-refractivity contribution is 7.15. The van der Waals surface area contributed by atoms with Crippen LogP contribution in [0.2, 0.25) is 0 Å². The smallest absolute Gasteiger partial charge is 0.245 e. The number of anilines is 2. The van der Waals surface area contributed by atoms with Gasteiger partial charge >= 0.3 is 0 Å². The van der Waals surface area contributed by atoms with Crippen LogP contribution < -0.4 is 10.6 Å². The Labute approximate surface area is 121 Å². The Bertz CT molecular complexity index is 620. The maximum atomic E-state index is 13.0. The van der Waals surface area contributed by atoms with Gasteiger partial charge in [0.25, 0.3) is 0 Å². The Morgan fingerprint density at radius 1 is 1.35 bits per heavy atom. The van der Waals surface area contributed by atoms with E-state index in [9.17, 15) is 9.18 Å². The summed E-state index contributed by atoms with van der Waals surface area (Å²) >= 11 is 1.45. The molecule has 20 heavy (non-hydrogen) atoms. The summed E-state index contributed by atoms with van der Waals surface area (Å²) in [5.41, 5.74) is 2.43. The van der Waals surface area contributed by atoms with Crippen LogP contribution in [-0.2, 0) is 4.79 Å². The van der Waals surface area contributed by atoms with E-state index in [0.29, 0.717) is 5.13 Å². The summed E-state index contributed by atoms with van der Waals surface area (Å²) in [6.45, 7) is 5.77. The average Bonchev–Trinajstić information content (AvgIpc) is 2.67. The Balaban J connectivity index is 1.92. The molecule has 0 saturated heterocycles. The predicted octanol–water partition coefficient (Wildman–Crippen LogP) is 3.26. The van der Waals surface area contributed by atoms with E-state index >= 15 is 0 Å². The summed E-state index contributed by atoms with van der Waals surface area (Å²) in [6.07, 6.45) is 0. The van der Waals surface area contributed by atoms with Crippen molar-refractivity contribution in [1.29, 1.82) is 0 Å². The van der Waals surface area contributed by atoms with Gasteiger partial charge in [-0.05, 0) is 44.5 Å². The monoisotopic (exact) mass is 293 g/mol. The number of amides is 1. The molecule has 0 unspecified atom stereocenters. The zero-order valence-electron chi connectivity index (χ0n) is 11.6. The minimum Gasteiger partial charge on any atom is -0.376 e. The molecule has 0 aliphatic carbocycles. The summed E-state index contributed by atoms with van der Waals surface area (Å²) in [5, 5.41) is 6.32. The standard InChI is InChI=1S/C14H16FN3OS/c1-8-6-11(15)4-5-12(8)16-7-13(19)18-14-17-9(2)10(3)20-14/h4-6,16H,7H2,1-3H3,(H,17,18,19). The third kappa shape index (κ3) is 3.54. The second-order valence-corrected chi connectivity index (χ2v) is 5.72. The molecular weight excluding hydrogens is 277 g/mol. The lowest BCUT2D eigenvalue weighted by Crippen LogP contribution is -2.22. The van der Waals surface area contributed by atoms with Crippen LogP contribution >= 0.6 is 11.3 Å². The van der Waals surface area contributed by atoms with Crippen molar-refractivity contribution in [3.63, 3.8) is 0 Å². The molecule has 0 bridgehead atoms. The molecule has 2 rings (SSSR count). The van der Waals surface area contributed by atoms with Crippen LogP contribution in [0, 0.1) is 26.6 Å². The van der Waals surface area contributed by atoms with Crippen molar-refractivity contribution in [2.45, 2.75) is 20.8 Å². The summed E-state index contributed by atoms with van der Waals surface area (Å²) in [5.74, 6) is -0.464.